The zero-order valence-corrected chi connectivity index (χ0v) is 18.1. The molecule has 1 aliphatic rings. The number of benzene rings is 2. The van der Waals surface area contributed by atoms with Gasteiger partial charge in [-0.2, -0.15) is 4.31 Å². The third-order valence-corrected chi connectivity index (χ3v) is 7.01. The summed E-state index contributed by atoms with van der Waals surface area (Å²) in [4.78, 5) is 12.5. The highest BCUT2D eigenvalue weighted by Gasteiger charge is 2.32. The predicted octanol–water partition coefficient (Wildman–Crippen LogP) is 3.25. The monoisotopic (exact) mass is 451 g/mol. The molecule has 7 nitrogen and oxygen atoms in total. The van der Waals surface area contributed by atoms with Crippen LogP contribution in [0, 0.1) is 11.7 Å². The Bertz CT molecular complexity index is 955. The molecule has 1 aliphatic heterocycles. The van der Waals surface area contributed by atoms with Gasteiger partial charge in [-0.1, -0.05) is 0 Å². The third-order valence-electron chi connectivity index (χ3n) is 5.10. The molecule has 1 fully saturated rings. The van der Waals surface area contributed by atoms with Crippen LogP contribution in [0.2, 0.25) is 0 Å². The Morgan fingerprint density at radius 3 is 2.23 bits per heavy atom. The van der Waals surface area contributed by atoms with E-state index in [2.05, 4.69) is 0 Å². The number of rotatable bonds is 9. The highest BCUT2D eigenvalue weighted by Crippen LogP contribution is 2.25. The second kappa shape index (κ2) is 10.6. The van der Waals surface area contributed by atoms with Crippen molar-refractivity contribution >= 4 is 16.0 Å². The van der Waals surface area contributed by atoms with Gasteiger partial charge in [-0.25, -0.2) is 12.8 Å². The Balaban J connectivity index is 1.39. The van der Waals surface area contributed by atoms with Gasteiger partial charge >= 0.3 is 5.97 Å². The molecule has 0 aromatic heterocycles. The summed E-state index contributed by atoms with van der Waals surface area (Å²) in [5, 5.41) is 0. The lowest BCUT2D eigenvalue weighted by atomic mass is 9.98. The first-order valence-corrected chi connectivity index (χ1v) is 11.5. The maximum Gasteiger partial charge on any atom is 0.309 e. The van der Waals surface area contributed by atoms with Crippen molar-refractivity contribution in [3.63, 3.8) is 0 Å². The number of sulfonamides is 1. The molecule has 1 heterocycles. The Hall–Kier alpha value is -2.65. The number of piperidine rings is 1. The number of hydrogen-bond acceptors (Lipinski definition) is 6. The van der Waals surface area contributed by atoms with E-state index in [1.165, 1.54) is 47.8 Å². The van der Waals surface area contributed by atoms with Crippen molar-refractivity contribution in [1.29, 1.82) is 0 Å². The second-order valence-electron chi connectivity index (χ2n) is 7.18. The SMILES string of the molecule is COc1ccc(S(=O)(=O)N2CCC(C(=O)OCCCOc3ccc(F)cc3)CC2)cc1. The summed E-state index contributed by atoms with van der Waals surface area (Å²) in [5.41, 5.74) is 0. The minimum atomic E-state index is -3.60. The quantitative estimate of drug-likeness (QED) is 0.430. The van der Waals surface area contributed by atoms with Crippen molar-refractivity contribution in [3.8, 4) is 11.5 Å². The summed E-state index contributed by atoms with van der Waals surface area (Å²) in [6.45, 7) is 1.09. The molecule has 0 unspecified atom stereocenters. The lowest BCUT2D eigenvalue weighted by Crippen LogP contribution is -2.40. The van der Waals surface area contributed by atoms with Gasteiger partial charge < -0.3 is 14.2 Å². The van der Waals surface area contributed by atoms with Crippen LogP contribution in [0.5, 0.6) is 11.5 Å². The summed E-state index contributed by atoms with van der Waals surface area (Å²) >= 11 is 0. The van der Waals surface area contributed by atoms with Crippen molar-refractivity contribution in [3.05, 3.63) is 54.3 Å². The molecule has 0 bridgehead atoms. The highest BCUT2D eigenvalue weighted by molar-refractivity contribution is 7.89. The Morgan fingerprint density at radius 2 is 1.61 bits per heavy atom. The molecular formula is C22H26FNO6S. The van der Waals surface area contributed by atoms with Gasteiger partial charge in [0.25, 0.3) is 0 Å². The largest absolute Gasteiger partial charge is 0.497 e. The van der Waals surface area contributed by atoms with Crippen LogP contribution in [0.3, 0.4) is 0 Å². The fourth-order valence-electron chi connectivity index (χ4n) is 3.30. The molecule has 0 N–H and O–H groups in total. The lowest BCUT2D eigenvalue weighted by Gasteiger charge is -2.30. The standard InChI is InChI=1S/C22H26FNO6S/c1-28-19-7-9-21(10-8-19)31(26,27)24-13-11-17(12-14-24)22(25)30-16-2-15-29-20-5-3-18(23)4-6-20/h3-10,17H,2,11-16H2,1H3. The zero-order chi connectivity index (χ0) is 22.3. The molecule has 3 rings (SSSR count). The Labute approximate surface area is 181 Å². The van der Waals surface area contributed by atoms with E-state index in [0.717, 1.165) is 0 Å². The van der Waals surface area contributed by atoms with Gasteiger partial charge in [0, 0.05) is 19.5 Å². The summed E-state index contributed by atoms with van der Waals surface area (Å²) in [6, 6.07) is 12.0. The fourth-order valence-corrected chi connectivity index (χ4v) is 4.77. The van der Waals surface area contributed by atoms with E-state index >= 15 is 0 Å². The molecule has 1 saturated heterocycles. The van der Waals surface area contributed by atoms with E-state index in [-0.39, 0.29) is 42.3 Å². The molecule has 2 aromatic carbocycles. The minimum Gasteiger partial charge on any atom is -0.497 e. The second-order valence-corrected chi connectivity index (χ2v) is 9.12. The number of esters is 1. The van der Waals surface area contributed by atoms with Crippen molar-refractivity contribution in [2.45, 2.75) is 24.2 Å². The van der Waals surface area contributed by atoms with Gasteiger partial charge in [0.15, 0.2) is 0 Å². The van der Waals surface area contributed by atoms with Crippen LogP contribution in [0.15, 0.2) is 53.4 Å². The maximum absolute atomic E-state index is 12.8. The average Bonchev–Trinajstić information content (AvgIpc) is 2.80. The minimum absolute atomic E-state index is 0.204. The number of methoxy groups -OCH3 is 1. The van der Waals surface area contributed by atoms with Gasteiger partial charge in [-0.05, 0) is 61.4 Å². The van der Waals surface area contributed by atoms with Gasteiger partial charge in [0.1, 0.15) is 17.3 Å². The van der Waals surface area contributed by atoms with Crippen molar-refractivity contribution in [2.24, 2.45) is 5.92 Å². The maximum atomic E-state index is 12.8. The normalized spacial score (nSPS) is 15.4. The number of hydrogen-bond donors (Lipinski definition) is 0. The molecule has 0 saturated carbocycles. The van der Waals surface area contributed by atoms with E-state index in [1.807, 2.05) is 0 Å². The molecule has 0 aliphatic carbocycles. The molecular weight excluding hydrogens is 425 g/mol. The number of nitrogens with zero attached hydrogens (tertiary/aromatic N) is 1. The number of halogens is 1. The molecule has 31 heavy (non-hydrogen) atoms. The van der Waals surface area contributed by atoms with Crippen LogP contribution in [-0.2, 0) is 19.6 Å². The van der Waals surface area contributed by atoms with Gasteiger partial charge in [0.05, 0.1) is 31.1 Å². The lowest BCUT2D eigenvalue weighted by molar-refractivity contribution is -0.150. The van der Waals surface area contributed by atoms with E-state index in [9.17, 15) is 17.6 Å². The molecule has 0 atom stereocenters. The number of carbonyl (C=O) groups excluding carboxylic acids is 1. The first-order valence-electron chi connectivity index (χ1n) is 10.1. The first-order chi connectivity index (χ1) is 14.9. The van der Waals surface area contributed by atoms with Crippen molar-refractivity contribution in [1.82, 2.24) is 4.31 Å². The third kappa shape index (κ3) is 6.18. The van der Waals surface area contributed by atoms with E-state index in [0.29, 0.717) is 37.4 Å². The van der Waals surface area contributed by atoms with Crippen molar-refractivity contribution < 1.29 is 31.8 Å². The summed E-state index contributed by atoms with van der Waals surface area (Å²) in [7, 11) is -2.08. The van der Waals surface area contributed by atoms with Gasteiger partial charge in [0.2, 0.25) is 10.0 Å². The van der Waals surface area contributed by atoms with Crippen LogP contribution in [0.25, 0.3) is 0 Å². The predicted molar refractivity (Wildman–Crippen MR) is 112 cm³/mol. The first kappa shape index (κ1) is 23.0. The molecule has 9 heteroatoms. The van der Waals surface area contributed by atoms with E-state index in [4.69, 9.17) is 14.2 Å². The summed E-state index contributed by atoms with van der Waals surface area (Å²) in [6.07, 6.45) is 1.34. The molecule has 0 amide bonds. The van der Waals surface area contributed by atoms with Gasteiger partial charge in [-0.15, -0.1) is 0 Å². The average molecular weight is 452 g/mol. The van der Waals surface area contributed by atoms with Crippen molar-refractivity contribution in [2.75, 3.05) is 33.4 Å². The van der Waals surface area contributed by atoms with Crippen LogP contribution in [0.1, 0.15) is 19.3 Å². The fraction of sp³-hybridized carbons (Fsp3) is 0.409. The number of carbonyl (C=O) groups is 1. The highest BCUT2D eigenvalue weighted by atomic mass is 32.2. The molecule has 0 radical (unpaired) electrons. The van der Waals surface area contributed by atoms with Gasteiger partial charge in [-0.3, -0.25) is 4.79 Å². The smallest absolute Gasteiger partial charge is 0.309 e. The van der Waals surface area contributed by atoms with Crippen LogP contribution in [0.4, 0.5) is 4.39 Å². The topological polar surface area (TPSA) is 82.1 Å². The summed E-state index contributed by atoms with van der Waals surface area (Å²) < 4.78 is 55.6. The molecule has 168 valence electrons. The Kier molecular flexibility index (Phi) is 7.86. The number of ether oxygens (including phenoxy) is 3. The van der Waals surface area contributed by atoms with E-state index < -0.39 is 10.0 Å². The summed E-state index contributed by atoms with van der Waals surface area (Å²) in [5.74, 6) is 0.175. The Morgan fingerprint density at radius 1 is 1.00 bits per heavy atom. The van der Waals surface area contributed by atoms with Crippen LogP contribution < -0.4 is 9.47 Å². The van der Waals surface area contributed by atoms with Crippen LogP contribution in [-0.4, -0.2) is 52.1 Å². The van der Waals surface area contributed by atoms with Crippen LogP contribution >= 0.6 is 0 Å². The molecule has 2 aromatic rings. The zero-order valence-electron chi connectivity index (χ0n) is 17.3. The van der Waals surface area contributed by atoms with E-state index in [1.54, 1.807) is 12.1 Å². The molecule has 0 spiro atoms.